The number of rotatable bonds is 14. The molecule has 10 rings (SSSR count). The van der Waals surface area contributed by atoms with Crippen LogP contribution in [-0.4, -0.2) is 185 Å². The number of methoxy groups -OCH3 is 1. The normalized spacial score (nSPS) is 47.2. The zero-order valence-corrected chi connectivity index (χ0v) is 56.9. The van der Waals surface area contributed by atoms with Gasteiger partial charge in [-0.15, -0.1) is 0 Å². The minimum absolute atomic E-state index is 0.00416. The van der Waals surface area contributed by atoms with Crippen LogP contribution in [0.15, 0.2) is 58.4 Å². The highest BCUT2D eigenvalue weighted by Gasteiger charge is 2.65. The Morgan fingerprint density at radius 2 is 1.41 bits per heavy atom. The van der Waals surface area contributed by atoms with Gasteiger partial charge in [-0.3, -0.25) is 24.5 Å². The number of hydrogen-bond donors (Lipinski definition) is 4. The first kappa shape index (κ1) is 71.7. The van der Waals surface area contributed by atoms with Crippen LogP contribution in [0.5, 0.6) is 0 Å². The summed E-state index contributed by atoms with van der Waals surface area (Å²) in [7, 11) is 1.15. The zero-order chi connectivity index (χ0) is 68.4. The number of ketones is 1. The molecule has 25 heteroatoms. The number of nitrogens with zero attached hydrogens (tertiary/aromatic N) is 1. The number of aliphatic hydroxyl groups excluding tert-OH is 3. The maximum Gasteiger partial charge on any atom is 0.407 e. The number of hydrogen-bond acceptors (Lipinski definition) is 23. The molecule has 29 atom stereocenters. The van der Waals surface area contributed by atoms with Gasteiger partial charge in [0.1, 0.15) is 29.8 Å². The predicted molar refractivity (Wildman–Crippen MR) is 333 cm³/mol. The number of carbonyl (C=O) groups excluding carboxylic acids is 5. The van der Waals surface area contributed by atoms with Gasteiger partial charge in [0.2, 0.25) is 11.3 Å². The van der Waals surface area contributed by atoms with Crippen molar-refractivity contribution in [3.8, 4) is 0 Å². The largest absolute Gasteiger partial charge is 0.511 e. The van der Waals surface area contributed by atoms with Crippen LogP contribution in [0.3, 0.4) is 0 Å². The van der Waals surface area contributed by atoms with Crippen LogP contribution in [0.1, 0.15) is 161 Å². The minimum atomic E-state index is -2.20. The molecule has 6 aliphatic heterocycles. The summed E-state index contributed by atoms with van der Waals surface area (Å²) in [6, 6.07) is -1.12. The van der Waals surface area contributed by atoms with Crippen LogP contribution in [-0.2, 0) is 80.8 Å². The summed E-state index contributed by atoms with van der Waals surface area (Å²) in [6.07, 6.45) is -0.318. The Kier molecular flexibility index (Phi) is 21.4. The van der Waals surface area contributed by atoms with Crippen molar-refractivity contribution in [1.82, 2.24) is 5.32 Å². The smallest absolute Gasteiger partial charge is 0.407 e. The zero-order valence-electron chi connectivity index (χ0n) is 56.9. The minimum Gasteiger partial charge on any atom is -0.511 e. The van der Waals surface area contributed by atoms with Crippen LogP contribution in [0, 0.1) is 57.0 Å². The third kappa shape index (κ3) is 13.9. The van der Waals surface area contributed by atoms with Crippen molar-refractivity contribution in [2.75, 3.05) is 7.11 Å². The van der Waals surface area contributed by atoms with Gasteiger partial charge in [0.15, 0.2) is 42.7 Å². The Morgan fingerprint density at radius 1 is 0.755 bits per heavy atom. The molecular weight excluding hydrogens is 1220 g/mol. The van der Waals surface area contributed by atoms with Crippen molar-refractivity contribution >= 4 is 30.1 Å². The number of aldehydes is 1. The van der Waals surface area contributed by atoms with E-state index < -0.39 is 179 Å². The summed E-state index contributed by atoms with van der Waals surface area (Å²) in [4.78, 5) is 80.7. The first-order valence-electron chi connectivity index (χ1n) is 33.8. The first-order chi connectivity index (χ1) is 44.2. The van der Waals surface area contributed by atoms with E-state index in [1.807, 2.05) is 53.7 Å². The quantitative estimate of drug-likeness (QED) is 0.0243. The van der Waals surface area contributed by atoms with E-state index in [0.29, 0.717) is 50.4 Å². The van der Waals surface area contributed by atoms with E-state index in [2.05, 4.69) is 32.2 Å². The van der Waals surface area contributed by atoms with E-state index >= 15 is 4.79 Å². The molecule has 10 aliphatic rings. The summed E-state index contributed by atoms with van der Waals surface area (Å²) >= 11 is 0. The van der Waals surface area contributed by atoms with Gasteiger partial charge in [-0.2, -0.15) is 0 Å². The van der Waals surface area contributed by atoms with Gasteiger partial charge >= 0.3 is 18.0 Å². The van der Waals surface area contributed by atoms with Crippen LogP contribution in [0.2, 0.25) is 0 Å². The molecule has 1 amide bonds. The molecule has 0 radical (unpaired) electrons. The number of carbonyl (C=O) groups is 5. The Bertz CT molecular complexity index is 3010. The summed E-state index contributed by atoms with van der Waals surface area (Å²) in [5, 5.41) is 50.9. The SMILES string of the molecule is COC(=O)N[C@H]1[C@@H](C)O[C@@H](O[C@H]2C/C=C(\C)[C@@H]3C=CC4[C@@H](O[C@H]5C[C@@H](O[C@@]6(C)CCC(O[C@H]7C[C@@H](C)C(O[C@H]8CC[C@@H](O)[C@H](C)O8)[C@H](C)O7)[C@H](C)O6)[C@@H](OC(C)=O)[C@H](C)O5)[C@@H](C)C[C@H](C)[C@H]4[C@]3(C)C(O)=C3C(=O)OC4(CC(C=O)=C[C@H](O)[C@H]4C=C2C)C3=O)C[C@]1(C)[N+](=O)[O-]. The predicted octanol–water partition coefficient (Wildman–Crippen LogP) is 8.03. The number of allylic oxidation sites excluding steroid dienone is 3. The van der Waals surface area contributed by atoms with Gasteiger partial charge in [0, 0.05) is 68.1 Å². The van der Waals surface area contributed by atoms with E-state index in [1.165, 1.54) is 19.9 Å². The lowest BCUT2D eigenvalue weighted by molar-refractivity contribution is -0.584. The Balaban J connectivity index is 0.913. The molecule has 4 unspecified atom stereocenters. The second-order valence-electron chi connectivity index (χ2n) is 29.3. The molecule has 7 fully saturated rings. The highest BCUT2D eigenvalue weighted by molar-refractivity contribution is 6.26. The number of amides is 1. The topological polar surface area (TPSA) is 321 Å². The summed E-state index contributed by atoms with van der Waals surface area (Å²) < 4.78 is 83.0. The molecular formula is C69H100N2O23. The van der Waals surface area contributed by atoms with Crippen LogP contribution >= 0.6 is 0 Å². The fourth-order valence-electron chi connectivity index (χ4n) is 17.5. The van der Waals surface area contributed by atoms with Gasteiger partial charge in [-0.1, -0.05) is 57.6 Å². The summed E-state index contributed by atoms with van der Waals surface area (Å²) in [5.41, 5.74) is -4.87. The van der Waals surface area contributed by atoms with Gasteiger partial charge < -0.3 is 82.2 Å². The monoisotopic (exact) mass is 1320 g/mol. The number of ether oxygens (including phenoxy) is 13. The molecule has 1 spiro atoms. The molecule has 6 heterocycles. The van der Waals surface area contributed by atoms with Gasteiger partial charge in [-0.25, -0.2) is 9.59 Å². The van der Waals surface area contributed by atoms with Crippen molar-refractivity contribution in [3.63, 3.8) is 0 Å². The highest BCUT2D eigenvalue weighted by Crippen LogP contribution is 2.61. The summed E-state index contributed by atoms with van der Waals surface area (Å²) in [6.45, 7) is 25.4. The van der Waals surface area contributed by atoms with Crippen LogP contribution in [0.25, 0.3) is 0 Å². The van der Waals surface area contributed by atoms with E-state index in [9.17, 15) is 44.6 Å². The second-order valence-corrected chi connectivity index (χ2v) is 29.3. The lowest BCUT2D eigenvalue weighted by atomic mass is 9.49. The number of esters is 2. The van der Waals surface area contributed by atoms with Crippen LogP contribution in [0.4, 0.5) is 4.79 Å². The lowest BCUT2D eigenvalue weighted by Crippen LogP contribution is -2.65. The molecule has 2 bridgehead atoms. The van der Waals surface area contributed by atoms with Crippen molar-refractivity contribution in [3.05, 3.63) is 68.5 Å². The molecule has 4 aliphatic carbocycles. The molecule has 524 valence electrons. The van der Waals surface area contributed by atoms with Gasteiger partial charge in [0.05, 0.1) is 86.6 Å². The van der Waals surface area contributed by atoms with Crippen molar-refractivity contribution < 1.29 is 106 Å². The third-order valence-electron chi connectivity index (χ3n) is 22.4. The van der Waals surface area contributed by atoms with E-state index in [-0.39, 0.29) is 67.0 Å². The molecule has 6 saturated heterocycles. The number of alkyl carbamates (subject to hydrolysis) is 1. The molecule has 0 aromatic rings. The first-order valence-corrected chi connectivity index (χ1v) is 33.8. The fraction of sp³-hybridized carbons (Fsp3) is 0.783. The molecule has 94 heavy (non-hydrogen) atoms. The number of Topliss-reactive ketones (excluding diaryl/α,β-unsaturated/α-hetero) is 1. The number of fused-ring (bicyclic) bond motifs is 4. The molecule has 1 saturated carbocycles. The maximum atomic E-state index is 15.6. The number of aliphatic hydroxyl groups is 3. The number of nitrogens with one attached hydrogen (secondary N) is 1. The van der Waals surface area contributed by atoms with Gasteiger partial charge in [-0.05, 0) is 122 Å². The maximum absolute atomic E-state index is 15.6. The van der Waals surface area contributed by atoms with Gasteiger partial charge in [0.25, 0.3) is 0 Å². The Labute approximate surface area is 550 Å². The number of nitro groups is 1. The van der Waals surface area contributed by atoms with Crippen molar-refractivity contribution in [2.24, 2.45) is 46.8 Å². The van der Waals surface area contributed by atoms with E-state index in [0.717, 1.165) is 12.7 Å². The lowest BCUT2D eigenvalue weighted by Gasteiger charge is -2.57. The molecule has 25 nitrogen and oxygen atoms in total. The molecule has 0 aromatic heterocycles. The standard InChI is InChI=1S/C69H100N2O23/c1-32-16-20-49(88-55-30-66(12,71(80)81)61(41(10)86-55)70-65(79)82-15)33(2)25-46-48(75)27-43(31-72)29-69(46)63(77)56(64(78)94-69)62(76)68(14)45(32)18-17-44-57(68)34(3)24-35(4)59(44)91-54-28-51(60(40(9)85-54)87-42(11)73)93-67(13)23-22-50(38(7)92-67)89-53-26-36(5)58(39(8)84-53)90-52-21-19-47(74)37(6)83-52/h16-18,25,27,31,34-41,44-55,57-61,74-76H,19-24,26,28-30H2,1-15H3,(H,70,79)/b32-16+,33-25?,62-56?/t34-,35-,36+,37-,38-,39-,40-,41+,44?,45-,46+,47+,48-,49-,50?,51+,52-,53-,54-,55-,57+,58?,59-,60-,61-,66-,67-,68+,69?/m0/s1. The average molecular weight is 1330 g/mol. The Hall–Kier alpha value is -5.03. The average Bonchev–Trinajstić information content (AvgIpc) is 1.37. The highest BCUT2D eigenvalue weighted by atomic mass is 16.8. The second kappa shape index (κ2) is 28.1. The van der Waals surface area contributed by atoms with Crippen molar-refractivity contribution in [2.45, 2.75) is 289 Å². The third-order valence-corrected chi connectivity index (χ3v) is 22.4. The fourth-order valence-corrected chi connectivity index (χ4v) is 17.5. The van der Waals surface area contributed by atoms with E-state index in [4.69, 9.17) is 61.6 Å². The molecule has 0 aromatic carbocycles. The molecule has 4 N–H and O–H groups in total. The van der Waals surface area contributed by atoms with E-state index in [1.54, 1.807) is 26.8 Å². The van der Waals surface area contributed by atoms with Crippen LogP contribution < -0.4 is 5.32 Å². The van der Waals surface area contributed by atoms with Crippen molar-refractivity contribution in [1.29, 1.82) is 0 Å². The Morgan fingerprint density at radius 3 is 2.06 bits per heavy atom. The summed E-state index contributed by atoms with van der Waals surface area (Å²) in [5.74, 6) is -7.45.